The van der Waals surface area contributed by atoms with E-state index in [2.05, 4.69) is 15.4 Å². The number of aryl methyl sites for hydroxylation is 2. The molecule has 2 aromatic heterocycles. The van der Waals surface area contributed by atoms with E-state index in [-0.39, 0.29) is 5.82 Å². The van der Waals surface area contributed by atoms with Crippen molar-refractivity contribution in [2.24, 2.45) is 7.05 Å². The van der Waals surface area contributed by atoms with E-state index in [0.717, 1.165) is 23.0 Å². The first kappa shape index (κ1) is 14.4. The zero-order valence-electron chi connectivity index (χ0n) is 11.4. The molecule has 2 rings (SSSR count). The molecule has 0 unspecified atom stereocenters. The maximum atomic E-state index is 12.6. The number of hydrogen-bond donors (Lipinski definition) is 1. The first-order chi connectivity index (χ1) is 9.29. The molecule has 108 valence electrons. The average Bonchev–Trinajstić information content (AvgIpc) is 2.61. The Morgan fingerprint density at radius 1 is 1.25 bits per heavy atom. The van der Waals surface area contributed by atoms with Gasteiger partial charge in [-0.05, 0) is 26.0 Å². The fourth-order valence-corrected chi connectivity index (χ4v) is 1.94. The number of nitrogens with one attached hydrogen (secondary N) is 1. The van der Waals surface area contributed by atoms with Crippen molar-refractivity contribution in [1.29, 1.82) is 0 Å². The van der Waals surface area contributed by atoms with E-state index in [9.17, 15) is 13.2 Å². The van der Waals surface area contributed by atoms with Crippen molar-refractivity contribution >= 4 is 5.82 Å². The quantitative estimate of drug-likeness (QED) is 0.942. The lowest BCUT2D eigenvalue weighted by Gasteiger charge is -2.09. The number of halogens is 3. The molecule has 2 aromatic rings. The second-order valence-corrected chi connectivity index (χ2v) is 4.53. The molecule has 0 bridgehead atoms. The lowest BCUT2D eigenvalue weighted by Crippen LogP contribution is -2.10. The Labute approximate surface area is 114 Å². The Balaban J connectivity index is 2.15. The zero-order valence-corrected chi connectivity index (χ0v) is 11.4. The molecule has 0 atom stereocenters. The van der Waals surface area contributed by atoms with Crippen LogP contribution in [-0.2, 0) is 19.8 Å². The lowest BCUT2D eigenvalue weighted by molar-refractivity contribution is -0.141. The third-order valence-electron chi connectivity index (χ3n) is 3.14. The summed E-state index contributed by atoms with van der Waals surface area (Å²) in [5.41, 5.74) is 1.89. The highest BCUT2D eigenvalue weighted by atomic mass is 19.4. The van der Waals surface area contributed by atoms with Crippen molar-refractivity contribution in [2.45, 2.75) is 26.6 Å². The van der Waals surface area contributed by atoms with Gasteiger partial charge in [0.15, 0.2) is 0 Å². The number of alkyl halides is 3. The molecule has 0 aliphatic heterocycles. The van der Waals surface area contributed by atoms with Gasteiger partial charge in [-0.3, -0.25) is 4.68 Å². The summed E-state index contributed by atoms with van der Waals surface area (Å²) >= 11 is 0. The van der Waals surface area contributed by atoms with Crippen LogP contribution in [0, 0.1) is 13.8 Å². The molecule has 0 saturated heterocycles. The van der Waals surface area contributed by atoms with Gasteiger partial charge in [-0.25, -0.2) is 4.98 Å². The first-order valence-electron chi connectivity index (χ1n) is 6.06. The molecule has 0 spiro atoms. The molecule has 0 aromatic carbocycles. The van der Waals surface area contributed by atoms with Gasteiger partial charge in [0.2, 0.25) is 0 Å². The minimum absolute atomic E-state index is 0.197. The van der Waals surface area contributed by atoms with Crippen molar-refractivity contribution in [3.63, 3.8) is 0 Å². The Kier molecular flexibility index (Phi) is 3.69. The summed E-state index contributed by atoms with van der Waals surface area (Å²) in [6.45, 7) is 4.17. The summed E-state index contributed by atoms with van der Waals surface area (Å²) in [5, 5.41) is 7.16. The molecule has 0 fully saturated rings. The molecular formula is C13H15F3N4. The van der Waals surface area contributed by atoms with Gasteiger partial charge in [0.1, 0.15) is 11.5 Å². The number of nitrogens with zero attached hydrogens (tertiary/aromatic N) is 3. The van der Waals surface area contributed by atoms with Crippen LogP contribution < -0.4 is 5.32 Å². The van der Waals surface area contributed by atoms with Crippen LogP contribution in [0.15, 0.2) is 18.2 Å². The maximum absolute atomic E-state index is 12.6. The van der Waals surface area contributed by atoms with Crippen LogP contribution in [0.25, 0.3) is 0 Å². The average molecular weight is 284 g/mol. The Hall–Kier alpha value is -2.05. The monoisotopic (exact) mass is 284 g/mol. The topological polar surface area (TPSA) is 42.7 Å². The van der Waals surface area contributed by atoms with E-state index >= 15 is 0 Å². The number of anilines is 1. The molecule has 2 heterocycles. The molecule has 0 radical (unpaired) electrons. The van der Waals surface area contributed by atoms with Gasteiger partial charge >= 0.3 is 6.18 Å². The van der Waals surface area contributed by atoms with E-state index in [0.29, 0.717) is 6.54 Å². The molecule has 0 amide bonds. The minimum atomic E-state index is -4.43. The molecule has 1 N–H and O–H groups in total. The highest BCUT2D eigenvalue weighted by molar-refractivity contribution is 5.38. The molecular weight excluding hydrogens is 269 g/mol. The highest BCUT2D eigenvalue weighted by Gasteiger charge is 2.32. The zero-order chi connectivity index (χ0) is 14.9. The van der Waals surface area contributed by atoms with Crippen LogP contribution in [0.4, 0.5) is 19.0 Å². The molecule has 0 aliphatic carbocycles. The number of rotatable bonds is 3. The lowest BCUT2D eigenvalue weighted by atomic mass is 10.2. The summed E-state index contributed by atoms with van der Waals surface area (Å²) in [6.07, 6.45) is -4.43. The van der Waals surface area contributed by atoms with Gasteiger partial charge in [0.25, 0.3) is 0 Å². The number of aromatic nitrogens is 3. The standard InChI is InChI=1S/C13H15F3N4/c1-8-10(9(2)20(3)19-8)7-17-12-6-4-5-11(18-12)13(14,15)16/h4-6H,7H2,1-3H3,(H,17,18). The van der Waals surface area contributed by atoms with Gasteiger partial charge in [-0.15, -0.1) is 0 Å². The SMILES string of the molecule is Cc1nn(C)c(C)c1CNc1cccc(C(F)(F)F)n1. The minimum Gasteiger partial charge on any atom is -0.366 e. The fourth-order valence-electron chi connectivity index (χ4n) is 1.94. The molecule has 0 aliphatic rings. The molecule has 20 heavy (non-hydrogen) atoms. The fraction of sp³-hybridized carbons (Fsp3) is 0.385. The molecule has 0 saturated carbocycles. The van der Waals surface area contributed by atoms with Crippen LogP contribution >= 0.6 is 0 Å². The summed E-state index contributed by atoms with van der Waals surface area (Å²) in [6, 6.07) is 3.79. The number of hydrogen-bond acceptors (Lipinski definition) is 3. The van der Waals surface area contributed by atoms with E-state index in [4.69, 9.17) is 0 Å². The van der Waals surface area contributed by atoms with Crippen molar-refractivity contribution < 1.29 is 13.2 Å². The van der Waals surface area contributed by atoms with Crippen LogP contribution in [0.5, 0.6) is 0 Å². The van der Waals surface area contributed by atoms with Crippen LogP contribution in [-0.4, -0.2) is 14.8 Å². The van der Waals surface area contributed by atoms with Gasteiger partial charge in [0.05, 0.1) is 5.69 Å². The Bertz CT molecular complexity index is 617. The van der Waals surface area contributed by atoms with E-state index in [1.165, 1.54) is 12.1 Å². The smallest absolute Gasteiger partial charge is 0.366 e. The van der Waals surface area contributed by atoms with E-state index in [1.807, 2.05) is 20.9 Å². The second kappa shape index (κ2) is 5.15. The Morgan fingerprint density at radius 2 is 1.95 bits per heavy atom. The van der Waals surface area contributed by atoms with Crippen molar-refractivity contribution in [3.05, 3.63) is 40.8 Å². The van der Waals surface area contributed by atoms with Gasteiger partial charge in [0, 0.05) is 24.8 Å². The summed E-state index contributed by atoms with van der Waals surface area (Å²) in [7, 11) is 1.83. The third kappa shape index (κ3) is 2.92. The van der Waals surface area contributed by atoms with Gasteiger partial charge < -0.3 is 5.32 Å². The van der Waals surface area contributed by atoms with Gasteiger partial charge in [-0.2, -0.15) is 18.3 Å². The maximum Gasteiger partial charge on any atom is 0.433 e. The predicted molar refractivity (Wildman–Crippen MR) is 69.2 cm³/mol. The second-order valence-electron chi connectivity index (χ2n) is 4.53. The van der Waals surface area contributed by atoms with Crippen LogP contribution in [0.1, 0.15) is 22.6 Å². The van der Waals surface area contributed by atoms with E-state index < -0.39 is 11.9 Å². The highest BCUT2D eigenvalue weighted by Crippen LogP contribution is 2.28. The predicted octanol–water partition coefficient (Wildman–Crippen LogP) is 3.06. The van der Waals surface area contributed by atoms with Crippen molar-refractivity contribution in [1.82, 2.24) is 14.8 Å². The van der Waals surface area contributed by atoms with Gasteiger partial charge in [-0.1, -0.05) is 6.07 Å². The largest absolute Gasteiger partial charge is 0.433 e. The van der Waals surface area contributed by atoms with Crippen LogP contribution in [0.2, 0.25) is 0 Å². The van der Waals surface area contributed by atoms with Crippen molar-refractivity contribution in [2.75, 3.05) is 5.32 Å². The number of pyridine rings is 1. The normalized spacial score (nSPS) is 11.7. The summed E-state index contributed by atoms with van der Waals surface area (Å²) in [5.74, 6) is 0.197. The Morgan fingerprint density at radius 3 is 2.50 bits per heavy atom. The third-order valence-corrected chi connectivity index (χ3v) is 3.14. The van der Waals surface area contributed by atoms with Crippen molar-refractivity contribution in [3.8, 4) is 0 Å². The summed E-state index contributed by atoms with van der Waals surface area (Å²) in [4.78, 5) is 3.56. The molecule has 4 nitrogen and oxygen atoms in total. The van der Waals surface area contributed by atoms with E-state index in [1.54, 1.807) is 4.68 Å². The molecule has 7 heteroatoms. The summed E-state index contributed by atoms with van der Waals surface area (Å²) < 4.78 is 39.4. The van der Waals surface area contributed by atoms with Crippen LogP contribution in [0.3, 0.4) is 0 Å². The first-order valence-corrected chi connectivity index (χ1v) is 6.06.